The van der Waals surface area contributed by atoms with Gasteiger partial charge in [-0.1, -0.05) is 6.58 Å². The number of hydrogen-bond acceptors (Lipinski definition) is 5. The first-order valence-electron chi connectivity index (χ1n) is 5.04. The first kappa shape index (κ1) is 15.3. The number of carboxylic acid groups (broad SMARTS) is 1. The van der Waals surface area contributed by atoms with Crippen LogP contribution in [0, 0.1) is 0 Å². The maximum atomic E-state index is 11.2. The van der Waals surface area contributed by atoms with Crippen molar-refractivity contribution >= 4 is 17.7 Å². The molecule has 0 radical (unpaired) electrons. The van der Waals surface area contributed by atoms with Crippen molar-refractivity contribution in [2.75, 3.05) is 20.3 Å². The lowest BCUT2D eigenvalue weighted by Crippen LogP contribution is -2.16. The molecule has 0 amide bonds. The molecule has 0 aromatic carbocycles. The van der Waals surface area contributed by atoms with Gasteiger partial charge in [0, 0.05) is 25.7 Å². The fourth-order valence-electron chi connectivity index (χ4n) is 0.989. The summed E-state index contributed by atoms with van der Waals surface area (Å²) in [6, 6.07) is 0. The second-order valence-electron chi connectivity index (χ2n) is 3.39. The van der Waals surface area contributed by atoms with E-state index in [4.69, 9.17) is 9.84 Å². The van der Waals surface area contributed by atoms with Gasteiger partial charge in [-0.2, -0.15) is 0 Å². The highest BCUT2D eigenvalue weighted by atomic mass is 16.5. The van der Waals surface area contributed by atoms with Crippen molar-refractivity contribution in [1.82, 2.24) is 0 Å². The first-order chi connectivity index (χ1) is 7.97. The van der Waals surface area contributed by atoms with Gasteiger partial charge in [0.2, 0.25) is 0 Å². The van der Waals surface area contributed by atoms with E-state index in [1.165, 1.54) is 7.11 Å². The predicted octanol–water partition coefficient (Wildman–Crippen LogP) is 0.556. The molecule has 6 nitrogen and oxygen atoms in total. The molecule has 6 heteroatoms. The second-order valence-corrected chi connectivity index (χ2v) is 3.39. The van der Waals surface area contributed by atoms with Gasteiger partial charge in [0.15, 0.2) is 5.78 Å². The smallest absolute Gasteiger partial charge is 0.334 e. The summed E-state index contributed by atoms with van der Waals surface area (Å²) in [7, 11) is 1.53. The fourth-order valence-corrected chi connectivity index (χ4v) is 0.989. The lowest BCUT2D eigenvalue weighted by atomic mass is 10.2. The minimum Gasteiger partial charge on any atom is -0.481 e. The molecule has 0 bridgehead atoms. The van der Waals surface area contributed by atoms with Crippen LogP contribution in [0.1, 0.15) is 19.3 Å². The number of carbonyl (C=O) groups excluding carboxylic acids is 2. The van der Waals surface area contributed by atoms with Gasteiger partial charge in [0.1, 0.15) is 6.61 Å². The van der Waals surface area contributed by atoms with Crippen molar-refractivity contribution in [3.8, 4) is 0 Å². The summed E-state index contributed by atoms with van der Waals surface area (Å²) in [4.78, 5) is 32.6. The fraction of sp³-hybridized carbons (Fsp3) is 0.545. The standard InChI is InChI=1S/C11H16O6/c1-8(6-10(13)14)11(15)17-7-9(12)4-3-5-16-2/h1,3-7H2,2H3,(H,13,14). The van der Waals surface area contributed by atoms with Gasteiger partial charge in [-0.05, 0) is 6.42 Å². The molecule has 0 aliphatic carbocycles. The molecule has 0 spiro atoms. The first-order valence-corrected chi connectivity index (χ1v) is 5.04. The minimum absolute atomic E-state index is 0.179. The SMILES string of the molecule is C=C(CC(=O)O)C(=O)OCC(=O)CCCOC. The van der Waals surface area contributed by atoms with Gasteiger partial charge in [0.05, 0.1) is 6.42 Å². The zero-order valence-corrected chi connectivity index (χ0v) is 9.73. The van der Waals surface area contributed by atoms with Gasteiger partial charge in [0.25, 0.3) is 0 Å². The summed E-state index contributed by atoms with van der Waals surface area (Å²) in [5.74, 6) is -2.26. The number of ether oxygens (including phenoxy) is 2. The molecule has 0 aromatic rings. The van der Waals surface area contributed by atoms with Crippen LogP contribution >= 0.6 is 0 Å². The van der Waals surface area contributed by atoms with E-state index in [1.54, 1.807) is 0 Å². The van der Waals surface area contributed by atoms with E-state index >= 15 is 0 Å². The zero-order valence-electron chi connectivity index (χ0n) is 9.73. The summed E-state index contributed by atoms with van der Waals surface area (Å²) < 4.78 is 9.37. The Hall–Kier alpha value is -1.69. The number of hydrogen-bond donors (Lipinski definition) is 1. The minimum atomic E-state index is -1.17. The number of esters is 1. The van der Waals surface area contributed by atoms with Gasteiger partial charge >= 0.3 is 11.9 Å². The van der Waals surface area contributed by atoms with E-state index in [-0.39, 0.29) is 24.4 Å². The van der Waals surface area contributed by atoms with E-state index < -0.39 is 18.4 Å². The van der Waals surface area contributed by atoms with Crippen molar-refractivity contribution in [3.63, 3.8) is 0 Å². The Morgan fingerprint density at radius 2 is 1.94 bits per heavy atom. The van der Waals surface area contributed by atoms with Gasteiger partial charge < -0.3 is 14.6 Å². The Morgan fingerprint density at radius 3 is 2.47 bits per heavy atom. The third kappa shape index (κ3) is 8.15. The lowest BCUT2D eigenvalue weighted by Gasteiger charge is -2.04. The summed E-state index contributed by atoms with van der Waals surface area (Å²) >= 11 is 0. The summed E-state index contributed by atoms with van der Waals surface area (Å²) in [6.07, 6.45) is 0.326. The maximum Gasteiger partial charge on any atom is 0.334 e. The van der Waals surface area contributed by atoms with E-state index in [2.05, 4.69) is 11.3 Å². The number of aliphatic carboxylic acids is 1. The molecule has 0 atom stereocenters. The molecule has 1 N–H and O–H groups in total. The second kappa shape index (κ2) is 8.46. The number of rotatable bonds is 9. The number of ketones is 1. The molecule has 96 valence electrons. The van der Waals surface area contributed by atoms with Crippen LogP contribution in [0.3, 0.4) is 0 Å². The molecule has 0 unspecified atom stereocenters. The number of carbonyl (C=O) groups is 3. The Labute approximate surface area is 99.2 Å². The van der Waals surface area contributed by atoms with Crippen molar-refractivity contribution in [3.05, 3.63) is 12.2 Å². The highest BCUT2D eigenvalue weighted by molar-refractivity contribution is 5.94. The largest absolute Gasteiger partial charge is 0.481 e. The van der Waals surface area contributed by atoms with E-state index in [0.717, 1.165) is 0 Å². The molecule has 0 aliphatic rings. The normalized spacial score (nSPS) is 9.71. The molecule has 0 saturated heterocycles. The molecular weight excluding hydrogens is 228 g/mol. The van der Waals surface area contributed by atoms with Gasteiger partial charge in [-0.25, -0.2) is 4.79 Å². The number of methoxy groups -OCH3 is 1. The van der Waals surface area contributed by atoms with E-state index in [1.807, 2.05) is 0 Å². The van der Waals surface area contributed by atoms with Crippen LogP contribution in [0.25, 0.3) is 0 Å². The Balaban J connectivity index is 3.79. The van der Waals surface area contributed by atoms with Crippen molar-refractivity contribution in [1.29, 1.82) is 0 Å². The van der Waals surface area contributed by atoms with Gasteiger partial charge in [-0.3, -0.25) is 9.59 Å². The van der Waals surface area contributed by atoms with Crippen LogP contribution < -0.4 is 0 Å². The van der Waals surface area contributed by atoms with Crippen molar-refractivity contribution in [2.24, 2.45) is 0 Å². The summed E-state index contributed by atoms with van der Waals surface area (Å²) in [5.41, 5.74) is -0.179. The molecule has 0 aliphatic heterocycles. The number of Topliss-reactive ketones (excluding diaryl/α,β-unsaturated/α-hetero) is 1. The van der Waals surface area contributed by atoms with Crippen LogP contribution in [0.15, 0.2) is 12.2 Å². The lowest BCUT2D eigenvalue weighted by molar-refractivity contribution is -0.145. The average molecular weight is 244 g/mol. The molecule has 0 saturated carbocycles. The number of carboxylic acids is 1. The van der Waals surface area contributed by atoms with E-state index in [9.17, 15) is 14.4 Å². The van der Waals surface area contributed by atoms with Gasteiger partial charge in [-0.15, -0.1) is 0 Å². The Morgan fingerprint density at radius 1 is 1.29 bits per heavy atom. The Bertz CT molecular complexity index is 307. The molecule has 0 fully saturated rings. The molecule has 0 heterocycles. The quantitative estimate of drug-likeness (QED) is 0.362. The molecule has 0 aromatic heterocycles. The topological polar surface area (TPSA) is 89.9 Å². The zero-order chi connectivity index (χ0) is 13.3. The predicted molar refractivity (Wildman–Crippen MR) is 58.5 cm³/mol. The van der Waals surface area contributed by atoms with Crippen LogP contribution in [-0.4, -0.2) is 43.2 Å². The van der Waals surface area contributed by atoms with E-state index in [0.29, 0.717) is 13.0 Å². The third-order valence-electron chi connectivity index (χ3n) is 1.82. The highest BCUT2D eigenvalue weighted by Crippen LogP contribution is 2.02. The van der Waals surface area contributed by atoms with Crippen LogP contribution in [0.2, 0.25) is 0 Å². The van der Waals surface area contributed by atoms with Crippen molar-refractivity contribution in [2.45, 2.75) is 19.3 Å². The third-order valence-corrected chi connectivity index (χ3v) is 1.82. The summed E-state index contributed by atoms with van der Waals surface area (Å²) in [5, 5.41) is 8.40. The average Bonchev–Trinajstić information content (AvgIpc) is 2.25. The van der Waals surface area contributed by atoms with Crippen LogP contribution in [0.5, 0.6) is 0 Å². The monoisotopic (exact) mass is 244 g/mol. The van der Waals surface area contributed by atoms with Crippen LogP contribution in [0.4, 0.5) is 0 Å². The molecule has 0 rings (SSSR count). The molecule has 17 heavy (non-hydrogen) atoms. The van der Waals surface area contributed by atoms with Crippen LogP contribution in [-0.2, 0) is 23.9 Å². The Kier molecular flexibility index (Phi) is 7.62. The van der Waals surface area contributed by atoms with Crippen molar-refractivity contribution < 1.29 is 29.0 Å². The highest BCUT2D eigenvalue weighted by Gasteiger charge is 2.13. The maximum absolute atomic E-state index is 11.2. The summed E-state index contributed by atoms with van der Waals surface area (Å²) in [6.45, 7) is 3.37. The molecular formula is C11H16O6.